The third kappa shape index (κ3) is 3.11. The summed E-state index contributed by atoms with van der Waals surface area (Å²) in [7, 11) is 0. The molecule has 0 heterocycles. The van der Waals surface area contributed by atoms with Crippen molar-refractivity contribution in [1.82, 2.24) is 5.32 Å². The van der Waals surface area contributed by atoms with Gasteiger partial charge in [0, 0.05) is 0 Å². The van der Waals surface area contributed by atoms with Crippen molar-refractivity contribution in [1.29, 1.82) is 0 Å². The van der Waals surface area contributed by atoms with Crippen LogP contribution in [0.25, 0.3) is 0 Å². The average molecular weight is 193 g/mol. The Morgan fingerprint density at radius 3 is 2.57 bits per heavy atom. The van der Waals surface area contributed by atoms with E-state index in [1.807, 2.05) is 12.1 Å². The Kier molecular flexibility index (Phi) is 3.14. The second kappa shape index (κ2) is 4.56. The van der Waals surface area contributed by atoms with Gasteiger partial charge in [0.25, 0.3) is 0 Å². The molecule has 0 amide bonds. The molecule has 1 nitrogen and oxygen atoms in total. The van der Waals surface area contributed by atoms with Crippen LogP contribution in [0.2, 0.25) is 0 Å². The molecule has 14 heavy (non-hydrogen) atoms. The van der Waals surface area contributed by atoms with Gasteiger partial charge in [0.2, 0.25) is 0 Å². The Labute approximate surface area is 84.3 Å². The van der Waals surface area contributed by atoms with Gasteiger partial charge in [-0.05, 0) is 56.0 Å². The lowest BCUT2D eigenvalue weighted by Gasteiger charge is -2.03. The number of halogens is 1. The van der Waals surface area contributed by atoms with Crippen molar-refractivity contribution in [2.45, 2.75) is 19.3 Å². The molecule has 1 aromatic rings. The van der Waals surface area contributed by atoms with E-state index < -0.39 is 0 Å². The molecule has 1 aromatic carbocycles. The summed E-state index contributed by atoms with van der Waals surface area (Å²) in [6.07, 6.45) is 3.78. The van der Waals surface area contributed by atoms with Gasteiger partial charge in [-0.15, -0.1) is 0 Å². The Morgan fingerprint density at radius 1 is 1.21 bits per heavy atom. The van der Waals surface area contributed by atoms with Crippen molar-refractivity contribution in [2.24, 2.45) is 5.92 Å². The highest BCUT2D eigenvalue weighted by Gasteiger charge is 2.19. The van der Waals surface area contributed by atoms with Crippen LogP contribution in [0.5, 0.6) is 0 Å². The van der Waals surface area contributed by atoms with E-state index in [1.54, 1.807) is 0 Å². The second-order valence-corrected chi connectivity index (χ2v) is 4.02. The molecule has 2 heteroatoms. The maximum Gasteiger partial charge on any atom is 0.123 e. The highest BCUT2D eigenvalue weighted by atomic mass is 19.1. The fourth-order valence-electron chi connectivity index (χ4n) is 1.51. The standard InChI is InChI=1S/C12H16FN/c13-12-5-3-10(4-6-12)7-8-14-9-11-1-2-11/h3-6,11,14H,1-2,7-9H2. The zero-order chi connectivity index (χ0) is 9.80. The molecule has 1 saturated carbocycles. The molecule has 0 aromatic heterocycles. The van der Waals surface area contributed by atoms with Crippen LogP contribution in [0.15, 0.2) is 24.3 Å². The molecular formula is C12H16FN. The third-order valence-corrected chi connectivity index (χ3v) is 2.63. The fraction of sp³-hybridized carbons (Fsp3) is 0.500. The predicted molar refractivity (Wildman–Crippen MR) is 55.7 cm³/mol. The van der Waals surface area contributed by atoms with E-state index >= 15 is 0 Å². The van der Waals surface area contributed by atoms with Crippen LogP contribution >= 0.6 is 0 Å². The van der Waals surface area contributed by atoms with E-state index in [1.165, 1.54) is 30.5 Å². The minimum Gasteiger partial charge on any atom is -0.316 e. The van der Waals surface area contributed by atoms with Crippen LogP contribution in [0.3, 0.4) is 0 Å². The van der Waals surface area contributed by atoms with Gasteiger partial charge in [0.1, 0.15) is 5.82 Å². The lowest BCUT2D eigenvalue weighted by molar-refractivity contribution is 0.623. The lowest BCUT2D eigenvalue weighted by Crippen LogP contribution is -2.19. The monoisotopic (exact) mass is 193 g/mol. The number of benzene rings is 1. The van der Waals surface area contributed by atoms with Crippen LogP contribution in [-0.4, -0.2) is 13.1 Å². The number of nitrogens with one attached hydrogen (secondary N) is 1. The Morgan fingerprint density at radius 2 is 1.93 bits per heavy atom. The molecule has 1 N–H and O–H groups in total. The van der Waals surface area contributed by atoms with Gasteiger partial charge < -0.3 is 5.32 Å². The summed E-state index contributed by atoms with van der Waals surface area (Å²) in [4.78, 5) is 0. The molecule has 0 radical (unpaired) electrons. The highest BCUT2D eigenvalue weighted by molar-refractivity contribution is 5.16. The Hall–Kier alpha value is -0.890. The van der Waals surface area contributed by atoms with Gasteiger partial charge >= 0.3 is 0 Å². The molecule has 1 aliphatic rings. The van der Waals surface area contributed by atoms with Crippen LogP contribution in [0.1, 0.15) is 18.4 Å². The molecule has 0 aliphatic heterocycles. The number of rotatable bonds is 5. The minimum atomic E-state index is -0.153. The van der Waals surface area contributed by atoms with Gasteiger partial charge in [-0.25, -0.2) is 4.39 Å². The minimum absolute atomic E-state index is 0.153. The van der Waals surface area contributed by atoms with E-state index in [2.05, 4.69) is 5.32 Å². The summed E-state index contributed by atoms with van der Waals surface area (Å²) in [6.45, 7) is 2.16. The van der Waals surface area contributed by atoms with Crippen molar-refractivity contribution in [2.75, 3.05) is 13.1 Å². The average Bonchev–Trinajstić information content (AvgIpc) is 2.99. The maximum atomic E-state index is 12.6. The largest absolute Gasteiger partial charge is 0.316 e. The van der Waals surface area contributed by atoms with Crippen LogP contribution < -0.4 is 5.32 Å². The maximum absolute atomic E-state index is 12.6. The second-order valence-electron chi connectivity index (χ2n) is 4.02. The van der Waals surface area contributed by atoms with E-state index in [-0.39, 0.29) is 5.82 Å². The number of hydrogen-bond acceptors (Lipinski definition) is 1. The first-order valence-corrected chi connectivity index (χ1v) is 5.30. The summed E-state index contributed by atoms with van der Waals surface area (Å²) in [5.74, 6) is 0.780. The SMILES string of the molecule is Fc1ccc(CCNCC2CC2)cc1. The summed E-state index contributed by atoms with van der Waals surface area (Å²) in [5.41, 5.74) is 1.20. The lowest BCUT2D eigenvalue weighted by atomic mass is 10.1. The van der Waals surface area contributed by atoms with E-state index in [0.29, 0.717) is 0 Å². The molecule has 0 spiro atoms. The molecule has 0 unspecified atom stereocenters. The van der Waals surface area contributed by atoms with E-state index in [9.17, 15) is 4.39 Å². The van der Waals surface area contributed by atoms with Crippen molar-refractivity contribution in [3.63, 3.8) is 0 Å². The van der Waals surface area contributed by atoms with Gasteiger partial charge in [0.15, 0.2) is 0 Å². The Bertz CT molecular complexity index is 277. The van der Waals surface area contributed by atoms with E-state index in [0.717, 1.165) is 25.4 Å². The predicted octanol–water partition coefficient (Wildman–Crippen LogP) is 2.37. The van der Waals surface area contributed by atoms with Crippen molar-refractivity contribution >= 4 is 0 Å². The van der Waals surface area contributed by atoms with Crippen molar-refractivity contribution in [3.8, 4) is 0 Å². The molecular weight excluding hydrogens is 177 g/mol. The smallest absolute Gasteiger partial charge is 0.123 e. The zero-order valence-corrected chi connectivity index (χ0v) is 8.30. The molecule has 0 atom stereocenters. The zero-order valence-electron chi connectivity index (χ0n) is 8.30. The first-order valence-electron chi connectivity index (χ1n) is 5.30. The molecule has 0 bridgehead atoms. The molecule has 0 saturated heterocycles. The first kappa shape index (κ1) is 9.66. The summed E-state index contributed by atoms with van der Waals surface area (Å²) >= 11 is 0. The van der Waals surface area contributed by atoms with Crippen LogP contribution in [-0.2, 0) is 6.42 Å². The van der Waals surface area contributed by atoms with E-state index in [4.69, 9.17) is 0 Å². The molecule has 1 fully saturated rings. The van der Waals surface area contributed by atoms with Crippen LogP contribution in [0, 0.1) is 11.7 Å². The van der Waals surface area contributed by atoms with Crippen molar-refractivity contribution in [3.05, 3.63) is 35.6 Å². The molecule has 76 valence electrons. The highest BCUT2D eigenvalue weighted by Crippen LogP contribution is 2.27. The normalized spacial score (nSPS) is 15.8. The van der Waals surface area contributed by atoms with Gasteiger partial charge in [-0.1, -0.05) is 12.1 Å². The van der Waals surface area contributed by atoms with Gasteiger partial charge in [-0.3, -0.25) is 0 Å². The Balaban J connectivity index is 1.66. The fourth-order valence-corrected chi connectivity index (χ4v) is 1.51. The third-order valence-electron chi connectivity index (χ3n) is 2.63. The van der Waals surface area contributed by atoms with Gasteiger partial charge in [-0.2, -0.15) is 0 Å². The van der Waals surface area contributed by atoms with Crippen molar-refractivity contribution < 1.29 is 4.39 Å². The van der Waals surface area contributed by atoms with Gasteiger partial charge in [0.05, 0.1) is 0 Å². The van der Waals surface area contributed by atoms with Crippen LogP contribution in [0.4, 0.5) is 4.39 Å². The quantitative estimate of drug-likeness (QED) is 0.708. The molecule has 1 aliphatic carbocycles. The summed E-state index contributed by atoms with van der Waals surface area (Å²) in [6, 6.07) is 6.76. The first-order chi connectivity index (χ1) is 6.84. The topological polar surface area (TPSA) is 12.0 Å². The summed E-state index contributed by atoms with van der Waals surface area (Å²) < 4.78 is 12.6. The molecule has 2 rings (SSSR count). The number of hydrogen-bond donors (Lipinski definition) is 1. The summed E-state index contributed by atoms with van der Waals surface area (Å²) in [5, 5.41) is 3.42.